The van der Waals surface area contributed by atoms with Gasteiger partial charge in [-0.1, -0.05) is 19.9 Å². The van der Waals surface area contributed by atoms with Crippen LogP contribution in [-0.2, 0) is 11.3 Å². The van der Waals surface area contributed by atoms with Gasteiger partial charge in [-0.25, -0.2) is 4.39 Å². The van der Waals surface area contributed by atoms with Crippen molar-refractivity contribution in [3.8, 4) is 11.5 Å². The number of carbonyl (C=O) groups is 2. The highest BCUT2D eigenvalue weighted by Crippen LogP contribution is 2.27. The van der Waals surface area contributed by atoms with E-state index in [4.69, 9.17) is 9.47 Å². The quantitative estimate of drug-likeness (QED) is 0.729. The van der Waals surface area contributed by atoms with Crippen molar-refractivity contribution in [1.29, 1.82) is 0 Å². The van der Waals surface area contributed by atoms with Gasteiger partial charge in [0.15, 0.2) is 11.5 Å². The van der Waals surface area contributed by atoms with Crippen molar-refractivity contribution >= 4 is 11.8 Å². The summed E-state index contributed by atoms with van der Waals surface area (Å²) in [5.74, 6) is -0.122. The molecule has 1 atom stereocenters. The molecule has 7 heteroatoms. The van der Waals surface area contributed by atoms with Crippen molar-refractivity contribution in [2.75, 3.05) is 14.2 Å². The monoisotopic (exact) mass is 388 g/mol. The summed E-state index contributed by atoms with van der Waals surface area (Å²) in [5, 5.41) is 5.54. The SMILES string of the molecule is COc1ccc(CNC(=O)C(NC(=O)c2ccc(F)cc2)C(C)C)cc1OC. The molecule has 0 aliphatic heterocycles. The van der Waals surface area contributed by atoms with Crippen LogP contribution in [0.5, 0.6) is 11.5 Å². The summed E-state index contributed by atoms with van der Waals surface area (Å²) in [6.07, 6.45) is 0. The maximum atomic E-state index is 13.0. The lowest BCUT2D eigenvalue weighted by atomic mass is 10.0. The lowest BCUT2D eigenvalue weighted by Crippen LogP contribution is -2.49. The van der Waals surface area contributed by atoms with Gasteiger partial charge in [0.2, 0.25) is 5.91 Å². The summed E-state index contributed by atoms with van der Waals surface area (Å²) in [5.41, 5.74) is 1.12. The van der Waals surface area contributed by atoms with Gasteiger partial charge in [-0.05, 0) is 47.9 Å². The van der Waals surface area contributed by atoms with Gasteiger partial charge in [0.1, 0.15) is 11.9 Å². The van der Waals surface area contributed by atoms with Crippen LogP contribution in [0.2, 0.25) is 0 Å². The number of rotatable bonds is 8. The number of hydrogen-bond acceptors (Lipinski definition) is 4. The summed E-state index contributed by atoms with van der Waals surface area (Å²) in [7, 11) is 3.09. The number of ether oxygens (including phenoxy) is 2. The summed E-state index contributed by atoms with van der Waals surface area (Å²) in [4.78, 5) is 25.0. The number of halogens is 1. The number of hydrogen-bond donors (Lipinski definition) is 2. The van der Waals surface area contributed by atoms with E-state index in [0.29, 0.717) is 17.1 Å². The van der Waals surface area contributed by atoms with Crippen LogP contribution in [0.3, 0.4) is 0 Å². The molecule has 0 saturated carbocycles. The van der Waals surface area contributed by atoms with Gasteiger partial charge in [-0.15, -0.1) is 0 Å². The fraction of sp³-hybridized carbons (Fsp3) is 0.333. The van der Waals surface area contributed by atoms with E-state index in [9.17, 15) is 14.0 Å². The molecule has 150 valence electrons. The fourth-order valence-electron chi connectivity index (χ4n) is 2.65. The number of methoxy groups -OCH3 is 2. The normalized spacial score (nSPS) is 11.6. The molecule has 0 heterocycles. The molecule has 0 fully saturated rings. The first-order valence-electron chi connectivity index (χ1n) is 8.90. The summed E-state index contributed by atoms with van der Waals surface area (Å²) < 4.78 is 23.5. The zero-order valence-corrected chi connectivity index (χ0v) is 16.4. The first-order valence-corrected chi connectivity index (χ1v) is 8.90. The third kappa shape index (κ3) is 5.45. The number of nitrogens with one attached hydrogen (secondary N) is 2. The van der Waals surface area contributed by atoms with E-state index in [2.05, 4.69) is 10.6 Å². The van der Waals surface area contributed by atoms with Crippen LogP contribution in [0.1, 0.15) is 29.8 Å². The van der Waals surface area contributed by atoms with Crippen molar-refractivity contribution in [2.45, 2.75) is 26.4 Å². The molecule has 0 aliphatic rings. The Bertz CT molecular complexity index is 822. The first kappa shape index (κ1) is 21.2. The van der Waals surface area contributed by atoms with E-state index < -0.39 is 17.8 Å². The molecule has 28 heavy (non-hydrogen) atoms. The van der Waals surface area contributed by atoms with Gasteiger partial charge in [-0.2, -0.15) is 0 Å². The highest BCUT2D eigenvalue weighted by atomic mass is 19.1. The molecule has 0 aliphatic carbocycles. The van der Waals surface area contributed by atoms with Crippen molar-refractivity contribution in [3.63, 3.8) is 0 Å². The molecule has 0 bridgehead atoms. The molecule has 2 N–H and O–H groups in total. The molecule has 2 aromatic rings. The Labute approximate surface area is 164 Å². The number of carbonyl (C=O) groups excluding carboxylic acids is 2. The van der Waals surface area contributed by atoms with Crippen molar-refractivity contribution < 1.29 is 23.5 Å². The van der Waals surface area contributed by atoms with E-state index in [1.807, 2.05) is 19.9 Å². The average Bonchev–Trinajstić information content (AvgIpc) is 2.69. The molecule has 1 unspecified atom stereocenters. The maximum absolute atomic E-state index is 13.0. The molecule has 0 aromatic heterocycles. The third-order valence-electron chi connectivity index (χ3n) is 4.26. The standard InChI is InChI=1S/C21H25FN2O4/c1-13(2)19(24-20(25)15-6-8-16(22)9-7-15)21(26)23-12-14-5-10-17(27-3)18(11-14)28-4/h5-11,13,19H,12H2,1-4H3,(H,23,26)(H,24,25). The summed E-state index contributed by atoms with van der Waals surface area (Å²) in [6, 6.07) is 9.80. The molecular formula is C21H25FN2O4. The van der Waals surface area contributed by atoms with Crippen LogP contribution in [-0.4, -0.2) is 32.1 Å². The van der Waals surface area contributed by atoms with E-state index in [-0.39, 0.29) is 18.4 Å². The highest BCUT2D eigenvalue weighted by Gasteiger charge is 2.24. The molecular weight excluding hydrogens is 363 g/mol. The summed E-state index contributed by atoms with van der Waals surface area (Å²) in [6.45, 7) is 3.95. The largest absolute Gasteiger partial charge is 0.493 e. The zero-order chi connectivity index (χ0) is 20.7. The molecule has 2 aromatic carbocycles. The zero-order valence-electron chi connectivity index (χ0n) is 16.4. The van der Waals surface area contributed by atoms with Crippen LogP contribution in [0.25, 0.3) is 0 Å². The minimum absolute atomic E-state index is 0.130. The lowest BCUT2D eigenvalue weighted by Gasteiger charge is -2.22. The van der Waals surface area contributed by atoms with Gasteiger partial charge in [0, 0.05) is 12.1 Å². The predicted octanol–water partition coefficient (Wildman–Crippen LogP) is 2.91. The third-order valence-corrected chi connectivity index (χ3v) is 4.26. The molecule has 2 amide bonds. The van der Waals surface area contributed by atoms with Gasteiger partial charge in [0.25, 0.3) is 5.91 Å². The Kier molecular flexibility index (Phi) is 7.37. The topological polar surface area (TPSA) is 76.7 Å². The van der Waals surface area contributed by atoms with Crippen molar-refractivity contribution in [1.82, 2.24) is 10.6 Å². The van der Waals surface area contributed by atoms with E-state index in [1.165, 1.54) is 24.3 Å². The van der Waals surface area contributed by atoms with Crippen LogP contribution >= 0.6 is 0 Å². The first-order chi connectivity index (χ1) is 13.3. The van der Waals surface area contributed by atoms with Crippen molar-refractivity contribution in [3.05, 3.63) is 59.4 Å². The molecule has 6 nitrogen and oxygen atoms in total. The number of amides is 2. The van der Waals surface area contributed by atoms with Crippen LogP contribution in [0.15, 0.2) is 42.5 Å². The minimum Gasteiger partial charge on any atom is -0.493 e. The minimum atomic E-state index is -0.724. The summed E-state index contributed by atoms with van der Waals surface area (Å²) >= 11 is 0. The second-order valence-corrected chi connectivity index (χ2v) is 6.61. The van der Waals surface area contributed by atoms with Gasteiger partial charge >= 0.3 is 0 Å². The van der Waals surface area contributed by atoms with E-state index >= 15 is 0 Å². The molecule has 2 rings (SSSR count). The average molecular weight is 388 g/mol. The van der Waals surface area contributed by atoms with Gasteiger partial charge in [0.05, 0.1) is 14.2 Å². The predicted molar refractivity (Wildman–Crippen MR) is 104 cm³/mol. The van der Waals surface area contributed by atoms with Crippen LogP contribution in [0, 0.1) is 11.7 Å². The Morgan fingerprint density at radius 2 is 1.64 bits per heavy atom. The van der Waals surface area contributed by atoms with Gasteiger partial charge < -0.3 is 20.1 Å². The number of benzene rings is 2. The second-order valence-electron chi connectivity index (χ2n) is 6.61. The Morgan fingerprint density at radius 1 is 1.00 bits per heavy atom. The van der Waals surface area contributed by atoms with Crippen LogP contribution in [0.4, 0.5) is 4.39 Å². The Balaban J connectivity index is 2.02. The lowest BCUT2D eigenvalue weighted by molar-refractivity contribution is -0.124. The van der Waals surface area contributed by atoms with E-state index in [0.717, 1.165) is 5.56 Å². The molecule has 0 spiro atoms. The molecule has 0 radical (unpaired) electrons. The second kappa shape index (κ2) is 9.73. The molecule has 0 saturated heterocycles. The fourth-order valence-corrected chi connectivity index (χ4v) is 2.65. The van der Waals surface area contributed by atoms with E-state index in [1.54, 1.807) is 26.4 Å². The highest BCUT2D eigenvalue weighted by molar-refractivity contribution is 5.97. The smallest absolute Gasteiger partial charge is 0.251 e. The Morgan fingerprint density at radius 3 is 2.21 bits per heavy atom. The maximum Gasteiger partial charge on any atom is 0.251 e. The van der Waals surface area contributed by atoms with Crippen LogP contribution < -0.4 is 20.1 Å². The Hall–Kier alpha value is -3.09. The van der Waals surface area contributed by atoms with Gasteiger partial charge in [-0.3, -0.25) is 9.59 Å². The van der Waals surface area contributed by atoms with Crippen molar-refractivity contribution in [2.24, 2.45) is 5.92 Å².